The minimum absolute atomic E-state index is 0.0124. The quantitative estimate of drug-likeness (QED) is 0.0489. The smallest absolute Gasteiger partial charge is 0.429 e. The Morgan fingerprint density at radius 2 is 0.618 bits per heavy atom. The molecule has 8 atom stereocenters. The maximum absolute atomic E-state index is 12.7. The van der Waals surface area contributed by atoms with Crippen molar-refractivity contribution in [3.63, 3.8) is 0 Å². The first kappa shape index (κ1) is 53.7. The molecule has 0 rings (SSSR count). The number of carbonyl (C=O) groups excluding carboxylic acids is 1. The van der Waals surface area contributed by atoms with Gasteiger partial charge in [-0.15, -0.1) is 0 Å². The number of hydrogen-bond acceptors (Lipinski definition) is 17. The van der Waals surface area contributed by atoms with Gasteiger partial charge in [-0.1, -0.05) is 20.8 Å². The summed E-state index contributed by atoms with van der Waals surface area (Å²) in [6.45, 7) is 14.6. The summed E-state index contributed by atoms with van der Waals surface area (Å²) in [5, 5.41) is 59.2. The Bertz CT molecular complexity index is 878. The van der Waals surface area contributed by atoms with Gasteiger partial charge < -0.3 is 78.0 Å². The molecule has 0 aliphatic heterocycles. The Hall–Kier alpha value is -1.29. The third-order valence-electron chi connectivity index (χ3n) is 7.99. The van der Waals surface area contributed by atoms with Crippen LogP contribution in [-0.4, -0.2) is 191 Å². The molecule has 0 amide bonds. The highest BCUT2D eigenvalue weighted by molar-refractivity contribution is 5.60. The molecule has 8 unspecified atom stereocenters. The summed E-state index contributed by atoms with van der Waals surface area (Å²) in [5.41, 5.74) is -1.75. The first-order valence-electron chi connectivity index (χ1n) is 19.6. The third-order valence-corrected chi connectivity index (χ3v) is 7.99. The number of ether oxygens (including phenoxy) is 10. The SMILES string of the molecule is CCC(O)COCC(COCC(C)O)(COCC(C)O)COCC(C)OC(=O)OC(C)COCC(COCC(C)O)(COCC(O)CC)COCC(O)CC. The monoisotopic (exact) mass is 805 g/mol. The average Bonchev–Trinajstić information content (AvgIpc) is 3.10. The van der Waals surface area contributed by atoms with Gasteiger partial charge in [0.15, 0.2) is 0 Å². The fourth-order valence-electron chi connectivity index (χ4n) is 4.73. The standard InChI is InChI=1S/C38H76O17/c1-9-33(42)17-51-25-37(20-46-12-28(4)39,21-47-13-29(5)40)23-49-15-31(7)54-36(45)55-32(8)16-50-24-38(22-48-14-30(6)41,26-52-18-34(43)10-2)27-53-19-35(44)11-3/h28-35,39-44H,9-27H2,1-8H3. The van der Waals surface area contributed by atoms with Gasteiger partial charge in [0.1, 0.15) is 12.2 Å². The van der Waals surface area contributed by atoms with Crippen molar-refractivity contribution in [2.24, 2.45) is 10.8 Å². The number of aliphatic hydroxyl groups is 6. The maximum Gasteiger partial charge on any atom is 0.508 e. The lowest BCUT2D eigenvalue weighted by Gasteiger charge is -2.34. The van der Waals surface area contributed by atoms with Gasteiger partial charge in [0.05, 0.1) is 153 Å². The molecule has 0 radical (unpaired) electrons. The molecule has 55 heavy (non-hydrogen) atoms. The summed E-state index contributed by atoms with van der Waals surface area (Å²) >= 11 is 0. The van der Waals surface area contributed by atoms with Crippen LogP contribution in [0.4, 0.5) is 4.79 Å². The zero-order valence-electron chi connectivity index (χ0n) is 34.7. The second-order valence-corrected chi connectivity index (χ2v) is 15.0. The molecule has 0 heterocycles. The largest absolute Gasteiger partial charge is 0.508 e. The van der Waals surface area contributed by atoms with Crippen molar-refractivity contribution in [3.8, 4) is 0 Å². The zero-order chi connectivity index (χ0) is 41.7. The van der Waals surface area contributed by atoms with Gasteiger partial charge in [0, 0.05) is 0 Å². The van der Waals surface area contributed by atoms with Gasteiger partial charge in [-0.2, -0.15) is 0 Å². The normalized spacial score (nSPS) is 18.7. The molecule has 17 heteroatoms. The highest BCUT2D eigenvalue weighted by Gasteiger charge is 2.35. The van der Waals surface area contributed by atoms with E-state index in [0.29, 0.717) is 19.3 Å². The van der Waals surface area contributed by atoms with E-state index < -0.39 is 65.8 Å². The fraction of sp³-hybridized carbons (Fsp3) is 0.974. The Balaban J connectivity index is 5.37. The lowest BCUT2D eigenvalue weighted by atomic mass is 9.92. The summed E-state index contributed by atoms with van der Waals surface area (Å²) < 4.78 is 57.4. The van der Waals surface area contributed by atoms with Gasteiger partial charge in [0.25, 0.3) is 0 Å². The van der Waals surface area contributed by atoms with Crippen molar-refractivity contribution < 1.29 is 82.8 Å². The number of hydrogen-bond donors (Lipinski definition) is 6. The molecule has 0 saturated carbocycles. The predicted molar refractivity (Wildman–Crippen MR) is 202 cm³/mol. The topological polar surface area (TPSA) is 231 Å². The molecule has 0 bridgehead atoms. The molecule has 0 aliphatic rings. The highest BCUT2D eigenvalue weighted by Crippen LogP contribution is 2.23. The van der Waals surface area contributed by atoms with E-state index in [-0.39, 0.29) is 106 Å². The molecule has 0 spiro atoms. The van der Waals surface area contributed by atoms with Gasteiger partial charge >= 0.3 is 6.16 Å². The van der Waals surface area contributed by atoms with Gasteiger partial charge in [0.2, 0.25) is 0 Å². The van der Waals surface area contributed by atoms with E-state index in [1.54, 1.807) is 34.6 Å². The minimum atomic E-state index is -0.934. The Morgan fingerprint density at radius 1 is 0.400 bits per heavy atom. The van der Waals surface area contributed by atoms with Crippen LogP contribution in [0.3, 0.4) is 0 Å². The first-order chi connectivity index (χ1) is 26.0. The van der Waals surface area contributed by atoms with E-state index in [2.05, 4.69) is 0 Å². The average molecular weight is 805 g/mol. The summed E-state index contributed by atoms with van der Waals surface area (Å²) in [7, 11) is 0. The number of aliphatic hydroxyl groups excluding tert-OH is 6. The molecular weight excluding hydrogens is 728 g/mol. The lowest BCUT2D eigenvalue weighted by Crippen LogP contribution is -2.44. The van der Waals surface area contributed by atoms with Crippen LogP contribution in [0.5, 0.6) is 0 Å². The zero-order valence-corrected chi connectivity index (χ0v) is 34.7. The van der Waals surface area contributed by atoms with Crippen molar-refractivity contribution in [2.75, 3.05) is 106 Å². The molecule has 330 valence electrons. The molecule has 17 nitrogen and oxygen atoms in total. The second kappa shape index (κ2) is 31.7. The van der Waals surface area contributed by atoms with Crippen LogP contribution >= 0.6 is 0 Å². The Morgan fingerprint density at radius 3 is 0.836 bits per heavy atom. The molecule has 0 aromatic heterocycles. The Kier molecular flexibility index (Phi) is 30.9. The summed E-state index contributed by atoms with van der Waals surface area (Å²) in [6.07, 6.45) is -4.92. The van der Waals surface area contributed by atoms with E-state index in [1.807, 2.05) is 20.8 Å². The summed E-state index contributed by atoms with van der Waals surface area (Å²) in [6, 6.07) is 0. The van der Waals surface area contributed by atoms with Crippen LogP contribution < -0.4 is 0 Å². The van der Waals surface area contributed by atoms with Crippen LogP contribution in [0.15, 0.2) is 0 Å². The van der Waals surface area contributed by atoms with Crippen LogP contribution in [0.2, 0.25) is 0 Å². The molecule has 0 saturated heterocycles. The molecule has 0 aliphatic carbocycles. The molecular formula is C38H76O17. The third kappa shape index (κ3) is 28.7. The van der Waals surface area contributed by atoms with Crippen molar-refractivity contribution in [1.29, 1.82) is 0 Å². The second-order valence-electron chi connectivity index (χ2n) is 15.0. The summed E-state index contributed by atoms with van der Waals surface area (Å²) in [5.74, 6) is 0. The van der Waals surface area contributed by atoms with E-state index in [9.17, 15) is 35.4 Å². The lowest BCUT2D eigenvalue weighted by molar-refractivity contribution is -0.134. The highest BCUT2D eigenvalue weighted by atomic mass is 16.7. The number of rotatable bonds is 37. The maximum atomic E-state index is 12.7. The molecule has 0 aromatic rings. The minimum Gasteiger partial charge on any atom is -0.429 e. The van der Waals surface area contributed by atoms with Crippen LogP contribution in [0.1, 0.15) is 74.7 Å². The van der Waals surface area contributed by atoms with Crippen molar-refractivity contribution >= 4 is 6.16 Å². The van der Waals surface area contributed by atoms with Crippen LogP contribution in [0, 0.1) is 10.8 Å². The predicted octanol–water partition coefficient (Wildman–Crippen LogP) is 1.48. The first-order valence-corrected chi connectivity index (χ1v) is 19.6. The van der Waals surface area contributed by atoms with E-state index in [0.717, 1.165) is 0 Å². The molecule has 6 N–H and O–H groups in total. The summed E-state index contributed by atoms with van der Waals surface area (Å²) in [4.78, 5) is 12.7. The van der Waals surface area contributed by atoms with Gasteiger partial charge in [-0.3, -0.25) is 0 Å². The van der Waals surface area contributed by atoms with Gasteiger partial charge in [-0.05, 0) is 53.9 Å². The van der Waals surface area contributed by atoms with Gasteiger partial charge in [-0.25, -0.2) is 4.79 Å². The Labute approximate surface area is 328 Å². The number of carbonyl (C=O) groups is 1. The van der Waals surface area contributed by atoms with E-state index in [1.165, 1.54) is 0 Å². The van der Waals surface area contributed by atoms with Crippen LogP contribution in [-0.2, 0) is 47.4 Å². The van der Waals surface area contributed by atoms with Crippen molar-refractivity contribution in [1.82, 2.24) is 0 Å². The fourth-order valence-corrected chi connectivity index (χ4v) is 4.73. The van der Waals surface area contributed by atoms with E-state index in [4.69, 9.17) is 47.4 Å². The van der Waals surface area contributed by atoms with Crippen molar-refractivity contribution in [2.45, 2.75) is 123 Å². The molecule has 0 fully saturated rings. The van der Waals surface area contributed by atoms with Crippen molar-refractivity contribution in [3.05, 3.63) is 0 Å². The molecule has 0 aromatic carbocycles. The van der Waals surface area contributed by atoms with E-state index >= 15 is 0 Å². The van der Waals surface area contributed by atoms with Crippen LogP contribution in [0.25, 0.3) is 0 Å².